The van der Waals surface area contributed by atoms with E-state index in [0.29, 0.717) is 18.3 Å². The van der Waals surface area contributed by atoms with Crippen LogP contribution in [-0.2, 0) is 11.2 Å². The molecule has 2 rings (SSSR count). The van der Waals surface area contributed by atoms with E-state index in [1.54, 1.807) is 0 Å². The molecule has 1 aromatic rings. The first-order valence-electron chi connectivity index (χ1n) is 6.77. The Morgan fingerprint density at radius 3 is 2.89 bits per heavy atom. The molecule has 18 heavy (non-hydrogen) atoms. The van der Waals surface area contributed by atoms with Crippen molar-refractivity contribution in [1.82, 2.24) is 10.6 Å². The van der Waals surface area contributed by atoms with Crippen LogP contribution in [0.2, 0.25) is 0 Å². The van der Waals surface area contributed by atoms with Crippen LogP contribution < -0.4 is 10.6 Å². The Labute approximate surface area is 109 Å². The fourth-order valence-electron chi connectivity index (χ4n) is 2.42. The van der Waals surface area contributed by atoms with E-state index in [1.165, 1.54) is 6.42 Å². The van der Waals surface area contributed by atoms with Crippen molar-refractivity contribution in [2.75, 3.05) is 19.6 Å². The molecule has 3 nitrogen and oxygen atoms in total. The summed E-state index contributed by atoms with van der Waals surface area (Å²) >= 11 is 0. The number of amides is 1. The van der Waals surface area contributed by atoms with Gasteiger partial charge in [-0.05, 0) is 36.9 Å². The lowest BCUT2D eigenvalue weighted by atomic mass is 9.88. The molecule has 1 aromatic carbocycles. The summed E-state index contributed by atoms with van der Waals surface area (Å²) in [4.78, 5) is 11.8. The Hall–Kier alpha value is -1.35. The molecule has 0 bridgehead atoms. The number of nitrogens with one attached hydrogen (secondary N) is 2. The number of carbonyl (C=O) groups is 1. The van der Waals surface area contributed by atoms with Gasteiger partial charge in [0, 0.05) is 6.54 Å². The molecule has 1 heterocycles. The topological polar surface area (TPSA) is 41.1 Å². The van der Waals surface area contributed by atoms with Crippen LogP contribution in [0.15, 0.2) is 30.3 Å². The highest BCUT2D eigenvalue weighted by molar-refractivity contribution is 5.78. The van der Waals surface area contributed by atoms with E-state index in [9.17, 15) is 4.79 Å². The summed E-state index contributed by atoms with van der Waals surface area (Å²) in [6.45, 7) is 5.19. The van der Waals surface area contributed by atoms with E-state index in [2.05, 4.69) is 17.6 Å². The fourth-order valence-corrected chi connectivity index (χ4v) is 2.42. The summed E-state index contributed by atoms with van der Waals surface area (Å²) in [6.07, 6.45) is 1.69. The van der Waals surface area contributed by atoms with Crippen LogP contribution in [-0.4, -0.2) is 25.5 Å². The van der Waals surface area contributed by atoms with Crippen molar-refractivity contribution in [3.05, 3.63) is 35.9 Å². The van der Waals surface area contributed by atoms with Crippen LogP contribution in [0.25, 0.3) is 0 Å². The van der Waals surface area contributed by atoms with Crippen molar-refractivity contribution in [3.8, 4) is 0 Å². The molecule has 1 fully saturated rings. The van der Waals surface area contributed by atoms with Crippen molar-refractivity contribution in [2.24, 2.45) is 11.8 Å². The Morgan fingerprint density at radius 2 is 2.17 bits per heavy atom. The lowest BCUT2D eigenvalue weighted by molar-refractivity contribution is -0.120. The minimum absolute atomic E-state index is 0.124. The second kappa shape index (κ2) is 6.55. The second-order valence-electron chi connectivity index (χ2n) is 5.20. The number of hydrogen-bond acceptors (Lipinski definition) is 2. The quantitative estimate of drug-likeness (QED) is 0.847. The molecule has 2 atom stereocenters. The molecule has 1 saturated heterocycles. The Morgan fingerprint density at radius 1 is 1.39 bits per heavy atom. The van der Waals surface area contributed by atoms with Crippen LogP contribution in [0.3, 0.4) is 0 Å². The van der Waals surface area contributed by atoms with Crippen LogP contribution >= 0.6 is 0 Å². The molecule has 98 valence electrons. The Bertz CT molecular complexity index is 377. The molecule has 0 spiro atoms. The van der Waals surface area contributed by atoms with Crippen LogP contribution in [0, 0.1) is 11.8 Å². The molecular weight excluding hydrogens is 224 g/mol. The largest absolute Gasteiger partial charge is 0.355 e. The molecule has 2 unspecified atom stereocenters. The number of benzene rings is 1. The lowest BCUT2D eigenvalue weighted by Gasteiger charge is -2.29. The van der Waals surface area contributed by atoms with Gasteiger partial charge in [-0.2, -0.15) is 0 Å². The van der Waals surface area contributed by atoms with Gasteiger partial charge in [0.2, 0.25) is 5.91 Å². The first-order chi connectivity index (χ1) is 8.75. The maximum Gasteiger partial charge on any atom is 0.224 e. The zero-order valence-corrected chi connectivity index (χ0v) is 11.0. The standard InChI is InChI=1S/C15H22N2O/c1-12-7-8-16-10-14(12)11-17-15(18)9-13-5-3-2-4-6-13/h2-6,12,14,16H,7-11H2,1H3,(H,17,18). The third kappa shape index (κ3) is 3.84. The third-order valence-corrected chi connectivity index (χ3v) is 3.76. The van der Waals surface area contributed by atoms with Gasteiger partial charge in [-0.1, -0.05) is 37.3 Å². The van der Waals surface area contributed by atoms with E-state index >= 15 is 0 Å². The van der Waals surface area contributed by atoms with Gasteiger partial charge in [-0.25, -0.2) is 0 Å². The fraction of sp³-hybridized carbons (Fsp3) is 0.533. The van der Waals surface area contributed by atoms with Crippen molar-refractivity contribution < 1.29 is 4.79 Å². The highest BCUT2D eigenvalue weighted by Crippen LogP contribution is 2.17. The maximum absolute atomic E-state index is 11.8. The minimum Gasteiger partial charge on any atom is -0.355 e. The highest BCUT2D eigenvalue weighted by Gasteiger charge is 2.21. The summed E-state index contributed by atoms with van der Waals surface area (Å²) < 4.78 is 0. The molecular formula is C15H22N2O. The number of rotatable bonds is 4. The smallest absolute Gasteiger partial charge is 0.224 e. The lowest BCUT2D eigenvalue weighted by Crippen LogP contribution is -2.42. The van der Waals surface area contributed by atoms with Gasteiger partial charge < -0.3 is 10.6 Å². The van der Waals surface area contributed by atoms with E-state index in [0.717, 1.165) is 25.2 Å². The predicted molar refractivity (Wildman–Crippen MR) is 73.3 cm³/mol. The molecule has 1 aliphatic rings. The van der Waals surface area contributed by atoms with Crippen molar-refractivity contribution in [2.45, 2.75) is 19.8 Å². The first-order valence-corrected chi connectivity index (χ1v) is 6.77. The van der Waals surface area contributed by atoms with Crippen LogP contribution in [0.4, 0.5) is 0 Å². The number of hydrogen-bond donors (Lipinski definition) is 2. The number of carbonyl (C=O) groups excluding carboxylic acids is 1. The Kier molecular flexibility index (Phi) is 4.76. The Balaban J connectivity index is 1.74. The van der Waals surface area contributed by atoms with Crippen molar-refractivity contribution >= 4 is 5.91 Å². The molecule has 0 aliphatic carbocycles. The minimum atomic E-state index is 0.124. The summed E-state index contributed by atoms with van der Waals surface area (Å²) in [5.74, 6) is 1.39. The monoisotopic (exact) mass is 246 g/mol. The zero-order valence-electron chi connectivity index (χ0n) is 11.0. The predicted octanol–water partition coefficient (Wildman–Crippen LogP) is 1.59. The molecule has 1 amide bonds. The van der Waals surface area contributed by atoms with Gasteiger partial charge in [0.05, 0.1) is 6.42 Å². The molecule has 3 heteroatoms. The highest BCUT2D eigenvalue weighted by atomic mass is 16.1. The van der Waals surface area contributed by atoms with E-state index in [1.807, 2.05) is 30.3 Å². The van der Waals surface area contributed by atoms with Gasteiger partial charge >= 0.3 is 0 Å². The molecule has 0 saturated carbocycles. The molecule has 2 N–H and O–H groups in total. The van der Waals surface area contributed by atoms with Crippen LogP contribution in [0.5, 0.6) is 0 Å². The normalized spacial score (nSPS) is 23.6. The van der Waals surface area contributed by atoms with E-state index in [4.69, 9.17) is 0 Å². The summed E-state index contributed by atoms with van der Waals surface area (Å²) in [5, 5.41) is 6.44. The van der Waals surface area contributed by atoms with Crippen molar-refractivity contribution in [1.29, 1.82) is 0 Å². The van der Waals surface area contributed by atoms with Gasteiger partial charge in [0.15, 0.2) is 0 Å². The van der Waals surface area contributed by atoms with Gasteiger partial charge in [0.25, 0.3) is 0 Å². The molecule has 1 aliphatic heterocycles. The van der Waals surface area contributed by atoms with Crippen LogP contribution in [0.1, 0.15) is 18.9 Å². The molecule has 0 radical (unpaired) electrons. The SMILES string of the molecule is CC1CCNCC1CNC(=O)Cc1ccccc1. The first kappa shape index (κ1) is 13.1. The van der Waals surface area contributed by atoms with Crippen molar-refractivity contribution in [3.63, 3.8) is 0 Å². The summed E-state index contributed by atoms with van der Waals surface area (Å²) in [7, 11) is 0. The van der Waals surface area contributed by atoms with Gasteiger partial charge in [-0.15, -0.1) is 0 Å². The summed E-state index contributed by atoms with van der Waals surface area (Å²) in [5.41, 5.74) is 1.07. The van der Waals surface area contributed by atoms with E-state index in [-0.39, 0.29) is 5.91 Å². The van der Waals surface area contributed by atoms with Gasteiger partial charge in [0.1, 0.15) is 0 Å². The second-order valence-corrected chi connectivity index (χ2v) is 5.20. The average molecular weight is 246 g/mol. The summed E-state index contributed by atoms with van der Waals surface area (Å²) in [6, 6.07) is 9.89. The third-order valence-electron chi connectivity index (χ3n) is 3.76. The number of piperidine rings is 1. The average Bonchev–Trinajstić information content (AvgIpc) is 2.39. The molecule has 0 aromatic heterocycles. The van der Waals surface area contributed by atoms with Gasteiger partial charge in [-0.3, -0.25) is 4.79 Å². The maximum atomic E-state index is 11.8. The zero-order chi connectivity index (χ0) is 12.8. The van der Waals surface area contributed by atoms with E-state index < -0.39 is 0 Å².